The van der Waals surface area contributed by atoms with Crippen LogP contribution in [0.2, 0.25) is 0 Å². The molecule has 0 aromatic heterocycles. The molecule has 0 rings (SSSR count). The maximum Gasteiger partial charge on any atom is 0.114 e. The molecule has 0 radical (unpaired) electrons. The van der Waals surface area contributed by atoms with Crippen LogP contribution in [0.1, 0.15) is 28.2 Å². The molecular formula is C6H15NO. The van der Waals surface area contributed by atoms with Gasteiger partial charge in [0.1, 0.15) is 6.61 Å². The zero-order valence-corrected chi connectivity index (χ0v) is 5.06. The molecule has 0 saturated carbocycles. The third-order valence-electron chi connectivity index (χ3n) is 0.376. The Hall–Kier alpha value is -0.530. The summed E-state index contributed by atoms with van der Waals surface area (Å²) in [6, 6.07) is 0. The Kier molecular flexibility index (Phi) is 8.45. The molecule has 0 amide bonds. The fraction of sp³-hybridized carbons (Fsp3) is 0.833. The lowest BCUT2D eigenvalue weighted by atomic mass is 10.5. The average molecular weight is 117 g/mol. The van der Waals surface area contributed by atoms with Gasteiger partial charge in [0.25, 0.3) is 0 Å². The third-order valence-corrected chi connectivity index (χ3v) is 0.376. The normalized spacial score (nSPS) is 6.88. The molecule has 0 fully saturated rings. The molecule has 0 N–H and O–H groups in total. The molecule has 0 aromatic rings. The summed E-state index contributed by atoms with van der Waals surface area (Å²) in [5.41, 5.74) is 0.960. The summed E-state index contributed by atoms with van der Waals surface area (Å²) in [4.78, 5) is 4.68. The summed E-state index contributed by atoms with van der Waals surface area (Å²) in [6.07, 6.45) is 0. The Balaban J connectivity index is 0. The van der Waals surface area contributed by atoms with Crippen molar-refractivity contribution in [3.8, 4) is 0 Å². The second kappa shape index (κ2) is 6.47. The van der Waals surface area contributed by atoms with Crippen LogP contribution < -0.4 is 0 Å². The lowest BCUT2D eigenvalue weighted by Crippen LogP contribution is -1.84. The van der Waals surface area contributed by atoms with E-state index in [-0.39, 0.29) is 7.43 Å². The van der Waals surface area contributed by atoms with Crippen molar-refractivity contribution in [2.45, 2.75) is 28.2 Å². The molecule has 0 saturated heterocycles. The molecule has 0 spiro atoms. The molecule has 2 nitrogen and oxygen atoms in total. The van der Waals surface area contributed by atoms with Gasteiger partial charge in [0, 0.05) is 0 Å². The largest absolute Gasteiger partial charge is 0.396 e. The highest BCUT2D eigenvalue weighted by Gasteiger charge is 1.73. The first-order chi connectivity index (χ1) is 3.27. The van der Waals surface area contributed by atoms with Crippen molar-refractivity contribution in [1.82, 2.24) is 0 Å². The van der Waals surface area contributed by atoms with E-state index >= 15 is 0 Å². The Bertz CT molecular complexity index is 64.9. The molecule has 0 aromatic carbocycles. The van der Waals surface area contributed by atoms with Crippen molar-refractivity contribution in [2.75, 3.05) is 6.61 Å². The maximum atomic E-state index is 4.68. The molecule has 2 heteroatoms. The minimum absolute atomic E-state index is 0. The van der Waals surface area contributed by atoms with Crippen LogP contribution in [0, 0.1) is 0 Å². The molecule has 50 valence electrons. The van der Waals surface area contributed by atoms with Crippen LogP contribution in [-0.2, 0) is 4.84 Å². The van der Waals surface area contributed by atoms with Crippen molar-refractivity contribution >= 4 is 5.71 Å². The van der Waals surface area contributed by atoms with Crippen molar-refractivity contribution in [2.24, 2.45) is 5.16 Å². The van der Waals surface area contributed by atoms with Crippen LogP contribution in [0.25, 0.3) is 0 Å². The highest BCUT2D eigenvalue weighted by atomic mass is 16.6. The molecule has 0 aliphatic carbocycles. The van der Waals surface area contributed by atoms with Gasteiger partial charge in [-0.1, -0.05) is 12.6 Å². The summed E-state index contributed by atoms with van der Waals surface area (Å²) in [5, 5.41) is 3.66. The summed E-state index contributed by atoms with van der Waals surface area (Å²) < 4.78 is 0. The molecular weight excluding hydrogens is 102 g/mol. The minimum Gasteiger partial charge on any atom is -0.396 e. The fourth-order valence-corrected chi connectivity index (χ4v) is 0.194. The van der Waals surface area contributed by atoms with Crippen molar-refractivity contribution in [1.29, 1.82) is 0 Å². The SMILES string of the molecule is C.CCON=C(C)C. The van der Waals surface area contributed by atoms with E-state index in [4.69, 9.17) is 0 Å². The van der Waals surface area contributed by atoms with Gasteiger partial charge in [-0.25, -0.2) is 0 Å². The molecule has 8 heavy (non-hydrogen) atoms. The van der Waals surface area contributed by atoms with Crippen molar-refractivity contribution < 1.29 is 4.84 Å². The highest BCUT2D eigenvalue weighted by molar-refractivity contribution is 5.78. The van der Waals surface area contributed by atoms with Crippen LogP contribution in [0.5, 0.6) is 0 Å². The molecule has 0 bridgehead atoms. The summed E-state index contributed by atoms with van der Waals surface area (Å²) in [6.45, 7) is 6.36. The number of hydrogen-bond acceptors (Lipinski definition) is 2. The maximum absolute atomic E-state index is 4.68. The van der Waals surface area contributed by atoms with Gasteiger partial charge in [0.2, 0.25) is 0 Å². The van der Waals surface area contributed by atoms with Gasteiger partial charge in [-0.2, -0.15) is 0 Å². The lowest BCUT2D eigenvalue weighted by Gasteiger charge is -1.89. The predicted octanol–water partition coefficient (Wildman–Crippen LogP) is 2.05. The number of oxime groups is 1. The van der Waals surface area contributed by atoms with Crippen LogP contribution >= 0.6 is 0 Å². The van der Waals surface area contributed by atoms with Crippen LogP contribution in [0.3, 0.4) is 0 Å². The third kappa shape index (κ3) is 9.08. The average Bonchev–Trinajstić information content (AvgIpc) is 1.61. The van der Waals surface area contributed by atoms with Gasteiger partial charge in [0.15, 0.2) is 0 Å². The molecule has 0 atom stereocenters. The van der Waals surface area contributed by atoms with Crippen molar-refractivity contribution in [3.05, 3.63) is 0 Å². The van der Waals surface area contributed by atoms with Gasteiger partial charge in [-0.05, 0) is 20.8 Å². The van der Waals surface area contributed by atoms with E-state index in [0.717, 1.165) is 5.71 Å². The van der Waals surface area contributed by atoms with E-state index in [1.165, 1.54) is 0 Å². The summed E-state index contributed by atoms with van der Waals surface area (Å²) >= 11 is 0. The quantitative estimate of drug-likeness (QED) is 0.400. The first-order valence-corrected chi connectivity index (χ1v) is 2.40. The lowest BCUT2D eigenvalue weighted by molar-refractivity contribution is 0.158. The Morgan fingerprint density at radius 2 is 2.00 bits per heavy atom. The van der Waals surface area contributed by atoms with Gasteiger partial charge in [-0.3, -0.25) is 0 Å². The van der Waals surface area contributed by atoms with E-state index < -0.39 is 0 Å². The van der Waals surface area contributed by atoms with Gasteiger partial charge >= 0.3 is 0 Å². The zero-order valence-electron chi connectivity index (χ0n) is 5.06. The molecule has 0 aliphatic heterocycles. The molecule has 0 heterocycles. The number of nitrogens with zero attached hydrogens (tertiary/aromatic N) is 1. The van der Waals surface area contributed by atoms with Crippen molar-refractivity contribution in [3.63, 3.8) is 0 Å². The van der Waals surface area contributed by atoms with E-state index in [1.807, 2.05) is 20.8 Å². The highest BCUT2D eigenvalue weighted by Crippen LogP contribution is 1.76. The first-order valence-electron chi connectivity index (χ1n) is 2.40. The Morgan fingerprint density at radius 3 is 2.12 bits per heavy atom. The monoisotopic (exact) mass is 117 g/mol. The van der Waals surface area contributed by atoms with Gasteiger partial charge in [0.05, 0.1) is 5.71 Å². The molecule has 0 aliphatic rings. The first kappa shape index (κ1) is 10.5. The standard InChI is InChI=1S/C5H11NO.CH4/c1-4-7-6-5(2)3;/h4H2,1-3H3;1H4. The van der Waals surface area contributed by atoms with E-state index in [9.17, 15) is 0 Å². The second-order valence-corrected chi connectivity index (χ2v) is 1.46. The minimum atomic E-state index is 0. The van der Waals surface area contributed by atoms with Crippen LogP contribution in [0.15, 0.2) is 5.16 Å². The zero-order chi connectivity index (χ0) is 5.70. The summed E-state index contributed by atoms with van der Waals surface area (Å²) in [5.74, 6) is 0. The van der Waals surface area contributed by atoms with Crippen LogP contribution in [-0.4, -0.2) is 12.3 Å². The number of hydrogen-bond donors (Lipinski definition) is 0. The summed E-state index contributed by atoms with van der Waals surface area (Å²) in [7, 11) is 0. The molecule has 0 unspecified atom stereocenters. The topological polar surface area (TPSA) is 21.6 Å². The van der Waals surface area contributed by atoms with E-state index in [0.29, 0.717) is 6.61 Å². The van der Waals surface area contributed by atoms with E-state index in [2.05, 4.69) is 9.99 Å². The second-order valence-electron chi connectivity index (χ2n) is 1.46. The smallest absolute Gasteiger partial charge is 0.114 e. The van der Waals surface area contributed by atoms with Gasteiger partial charge < -0.3 is 4.84 Å². The Morgan fingerprint density at radius 1 is 1.50 bits per heavy atom. The van der Waals surface area contributed by atoms with E-state index in [1.54, 1.807) is 0 Å². The Labute approximate surface area is 51.5 Å². The predicted molar refractivity (Wildman–Crippen MR) is 37.1 cm³/mol. The van der Waals surface area contributed by atoms with Crippen LogP contribution in [0.4, 0.5) is 0 Å². The fourth-order valence-electron chi connectivity index (χ4n) is 0.194. The number of rotatable bonds is 2. The van der Waals surface area contributed by atoms with Gasteiger partial charge in [-0.15, -0.1) is 0 Å².